The first-order valence-corrected chi connectivity index (χ1v) is 18.0. The van der Waals surface area contributed by atoms with Gasteiger partial charge in [0.15, 0.2) is 6.29 Å². The Bertz CT molecular complexity index is 642. The number of carbonyl (C=O) groups excluding carboxylic acids is 1. The van der Waals surface area contributed by atoms with E-state index < -0.39 is 0 Å². The molecule has 0 N–H and O–H groups in total. The molecule has 0 spiro atoms. The summed E-state index contributed by atoms with van der Waals surface area (Å²) in [6.45, 7) is 4.85. The molecule has 2 unspecified atom stereocenters. The number of hydrogen-bond donors (Lipinski definition) is 0. The second-order valence-corrected chi connectivity index (χ2v) is 12.6. The number of esters is 1. The quantitative estimate of drug-likeness (QED) is 0.0492. The van der Waals surface area contributed by atoms with Gasteiger partial charge in [0.1, 0.15) is 6.10 Å². The van der Waals surface area contributed by atoms with Crippen molar-refractivity contribution in [1.82, 2.24) is 4.90 Å². The molecule has 0 bridgehead atoms. The molecule has 5 nitrogen and oxygen atoms in total. The van der Waals surface area contributed by atoms with Crippen LogP contribution in [0.2, 0.25) is 0 Å². The van der Waals surface area contributed by atoms with Gasteiger partial charge >= 0.3 is 5.97 Å². The van der Waals surface area contributed by atoms with E-state index >= 15 is 0 Å². The molecule has 0 radical (unpaired) electrons. The number of unbranched alkanes of at least 4 members (excludes halogenated alkanes) is 13. The summed E-state index contributed by atoms with van der Waals surface area (Å²) >= 11 is 0. The highest BCUT2D eigenvalue weighted by atomic mass is 16.7. The minimum atomic E-state index is -0.0102. The summed E-state index contributed by atoms with van der Waals surface area (Å²) in [5.41, 5.74) is 0. The van der Waals surface area contributed by atoms with Crippen LogP contribution in [0, 0.1) is 0 Å². The smallest absolute Gasteiger partial charge is 0.306 e. The topological polar surface area (TPSA) is 48.0 Å². The summed E-state index contributed by atoms with van der Waals surface area (Å²) in [6, 6.07) is 0. The maximum absolute atomic E-state index is 12.5. The molecular formula is C37H69NO4. The van der Waals surface area contributed by atoms with Crippen molar-refractivity contribution in [2.75, 3.05) is 33.9 Å². The van der Waals surface area contributed by atoms with Crippen LogP contribution in [-0.4, -0.2) is 57.1 Å². The Kier molecular flexibility index (Phi) is 27.6. The molecule has 0 saturated carbocycles. The molecule has 2 atom stereocenters. The van der Waals surface area contributed by atoms with Gasteiger partial charge in [-0.05, 0) is 111 Å². The average Bonchev–Trinajstić information content (AvgIpc) is 2.98. The van der Waals surface area contributed by atoms with Gasteiger partial charge < -0.3 is 19.1 Å². The summed E-state index contributed by atoms with van der Waals surface area (Å²) in [5, 5.41) is 0. The molecular weight excluding hydrogens is 522 g/mol. The third-order valence-electron chi connectivity index (χ3n) is 8.12. The lowest BCUT2D eigenvalue weighted by Crippen LogP contribution is -2.22. The van der Waals surface area contributed by atoms with Crippen molar-refractivity contribution >= 4 is 5.97 Å². The lowest BCUT2D eigenvalue weighted by atomic mass is 10.0. The van der Waals surface area contributed by atoms with E-state index in [1.54, 1.807) is 0 Å². The van der Waals surface area contributed by atoms with Crippen LogP contribution >= 0.6 is 0 Å². The van der Waals surface area contributed by atoms with Gasteiger partial charge in [0.05, 0.1) is 0 Å². The van der Waals surface area contributed by atoms with Crippen molar-refractivity contribution in [3.8, 4) is 0 Å². The van der Waals surface area contributed by atoms with E-state index in [2.05, 4.69) is 50.2 Å². The highest BCUT2D eigenvalue weighted by Gasteiger charge is 2.15. The lowest BCUT2D eigenvalue weighted by Gasteiger charge is -2.22. The summed E-state index contributed by atoms with van der Waals surface area (Å²) in [6.07, 6.45) is 37.3. The van der Waals surface area contributed by atoms with E-state index in [9.17, 15) is 4.79 Å². The fraction of sp³-hybridized carbons (Fsp3) is 0.865. The van der Waals surface area contributed by atoms with Gasteiger partial charge in [-0.25, -0.2) is 0 Å². The first-order chi connectivity index (χ1) is 20.6. The highest BCUT2D eigenvalue weighted by Crippen LogP contribution is 2.18. The van der Waals surface area contributed by atoms with E-state index in [1.165, 1.54) is 103 Å². The maximum Gasteiger partial charge on any atom is 0.306 e. The molecule has 1 aliphatic rings. The first kappa shape index (κ1) is 38.9. The third kappa shape index (κ3) is 26.5. The summed E-state index contributed by atoms with van der Waals surface area (Å²) in [4.78, 5) is 14.6. The van der Waals surface area contributed by atoms with Crippen LogP contribution < -0.4 is 0 Å². The predicted octanol–water partition coefficient (Wildman–Crippen LogP) is 10.3. The Morgan fingerprint density at radius 1 is 0.786 bits per heavy atom. The van der Waals surface area contributed by atoms with Gasteiger partial charge in [-0.2, -0.15) is 0 Å². The molecule has 0 aromatic carbocycles. The van der Waals surface area contributed by atoms with Gasteiger partial charge in [0.25, 0.3) is 0 Å². The molecule has 0 amide bonds. The summed E-state index contributed by atoms with van der Waals surface area (Å²) in [5.74, 6) is -0.0102. The van der Waals surface area contributed by atoms with E-state index in [0.29, 0.717) is 6.42 Å². The Balaban J connectivity index is 2.11. The Morgan fingerprint density at radius 2 is 1.40 bits per heavy atom. The number of hydrogen-bond acceptors (Lipinski definition) is 5. The Labute approximate surface area is 261 Å². The van der Waals surface area contributed by atoms with Gasteiger partial charge in [-0.1, -0.05) is 89.0 Å². The van der Waals surface area contributed by atoms with Gasteiger partial charge in [-0.15, -0.1) is 0 Å². The van der Waals surface area contributed by atoms with Crippen LogP contribution in [0.1, 0.15) is 161 Å². The van der Waals surface area contributed by atoms with E-state index in [1.807, 2.05) is 0 Å². The minimum Gasteiger partial charge on any atom is -0.462 e. The monoisotopic (exact) mass is 592 g/mol. The largest absolute Gasteiger partial charge is 0.462 e. The maximum atomic E-state index is 12.5. The fourth-order valence-corrected chi connectivity index (χ4v) is 5.47. The normalized spacial score (nSPS) is 16.6. The molecule has 5 heteroatoms. The van der Waals surface area contributed by atoms with Crippen molar-refractivity contribution in [3.63, 3.8) is 0 Å². The van der Waals surface area contributed by atoms with Gasteiger partial charge in [0.2, 0.25) is 0 Å². The van der Waals surface area contributed by atoms with E-state index in [-0.39, 0.29) is 18.4 Å². The summed E-state index contributed by atoms with van der Waals surface area (Å²) in [7, 11) is 4.10. The summed E-state index contributed by atoms with van der Waals surface area (Å²) < 4.78 is 17.5. The van der Waals surface area contributed by atoms with Crippen molar-refractivity contribution in [1.29, 1.82) is 0 Å². The van der Waals surface area contributed by atoms with E-state index in [4.69, 9.17) is 14.2 Å². The molecule has 0 aliphatic carbocycles. The highest BCUT2D eigenvalue weighted by molar-refractivity contribution is 5.69. The molecule has 1 rings (SSSR count). The zero-order valence-corrected chi connectivity index (χ0v) is 28.1. The number of rotatable bonds is 29. The molecule has 0 aromatic heterocycles. The Morgan fingerprint density at radius 3 is 2.02 bits per heavy atom. The Hall–Kier alpha value is -1.17. The van der Waals surface area contributed by atoms with Gasteiger partial charge in [0, 0.05) is 19.6 Å². The van der Waals surface area contributed by atoms with Gasteiger partial charge in [-0.3, -0.25) is 4.79 Å². The van der Waals surface area contributed by atoms with Crippen molar-refractivity contribution in [3.05, 3.63) is 24.3 Å². The molecule has 1 heterocycles. The number of carbonyl (C=O) groups is 1. The lowest BCUT2D eigenvalue weighted by molar-refractivity contribution is -0.162. The third-order valence-corrected chi connectivity index (χ3v) is 8.12. The molecule has 0 aromatic rings. The second-order valence-electron chi connectivity index (χ2n) is 12.6. The predicted molar refractivity (Wildman–Crippen MR) is 179 cm³/mol. The van der Waals surface area contributed by atoms with Crippen LogP contribution in [0.4, 0.5) is 0 Å². The van der Waals surface area contributed by atoms with Crippen LogP contribution in [0.15, 0.2) is 24.3 Å². The van der Waals surface area contributed by atoms with E-state index in [0.717, 1.165) is 64.7 Å². The molecule has 246 valence electrons. The standard InChI is InChI=1S/C37H69NO4/c1-4-5-6-7-8-9-10-11-12-13-14-15-16-17-19-22-28-35(42-36(39)30-27-32-38(2)3)29-23-20-18-21-25-33-40-37-31-24-26-34-41-37/h8-9,11-12,35,37H,4-7,10,13-34H2,1-3H3/b9-8-,12-11-. The van der Waals surface area contributed by atoms with Crippen molar-refractivity contribution in [2.24, 2.45) is 0 Å². The van der Waals surface area contributed by atoms with Crippen LogP contribution in [-0.2, 0) is 19.0 Å². The first-order valence-electron chi connectivity index (χ1n) is 18.0. The van der Waals surface area contributed by atoms with Crippen molar-refractivity contribution < 1.29 is 19.0 Å². The average molecular weight is 592 g/mol. The number of nitrogens with zero attached hydrogens (tertiary/aromatic N) is 1. The minimum absolute atomic E-state index is 0.0102. The molecule has 1 saturated heterocycles. The number of allylic oxidation sites excluding steroid dienone is 4. The zero-order chi connectivity index (χ0) is 30.4. The molecule has 42 heavy (non-hydrogen) atoms. The van der Waals surface area contributed by atoms with Crippen LogP contribution in [0.5, 0.6) is 0 Å². The van der Waals surface area contributed by atoms with Crippen molar-refractivity contribution in [2.45, 2.75) is 173 Å². The fourth-order valence-electron chi connectivity index (χ4n) is 5.47. The van der Waals surface area contributed by atoms with Crippen LogP contribution in [0.3, 0.4) is 0 Å². The molecule has 1 fully saturated rings. The zero-order valence-electron chi connectivity index (χ0n) is 28.1. The SMILES string of the molecule is CCCCC/C=C\C/C=C\CCCCCCCCC(CCCCCCCOC1CCCCO1)OC(=O)CCCN(C)C. The second kappa shape index (κ2) is 29.9. The van der Waals surface area contributed by atoms with Crippen LogP contribution in [0.25, 0.3) is 0 Å². The molecule has 1 aliphatic heterocycles. The number of ether oxygens (including phenoxy) is 3.